The molecule has 0 saturated heterocycles. The van der Waals surface area contributed by atoms with E-state index < -0.39 is 0 Å². The molecule has 1 N–H and O–H groups in total. The Bertz CT molecular complexity index is 1420. The number of ether oxygens (including phenoxy) is 2. The van der Waals surface area contributed by atoms with Crippen LogP contribution in [0, 0.1) is 0 Å². The number of halogens is 1. The molecule has 2 aliphatic rings. The van der Waals surface area contributed by atoms with Gasteiger partial charge in [0.2, 0.25) is 5.95 Å². The van der Waals surface area contributed by atoms with E-state index in [0.717, 1.165) is 43.9 Å². The summed E-state index contributed by atoms with van der Waals surface area (Å²) in [5.74, 6) is 2.32. The van der Waals surface area contributed by atoms with Gasteiger partial charge in [-0.15, -0.1) is 11.8 Å². The number of hydrogen-bond donors (Lipinski definition) is 1. The number of nitrogens with one attached hydrogen (secondary N) is 1. The minimum atomic E-state index is -0.295. The number of nitrogens with zero attached hydrogens (tertiary/aromatic N) is 3. The van der Waals surface area contributed by atoms with Crippen LogP contribution in [0.5, 0.6) is 11.5 Å². The summed E-state index contributed by atoms with van der Waals surface area (Å²) in [6.07, 6.45) is 3.37. The Morgan fingerprint density at radius 3 is 2.62 bits per heavy atom. The molecule has 4 aromatic rings. The molecule has 1 aromatic heterocycles. The zero-order valence-corrected chi connectivity index (χ0v) is 20.9. The Morgan fingerprint density at radius 1 is 1.06 bits per heavy atom. The first kappa shape index (κ1) is 21.3. The number of benzene rings is 3. The van der Waals surface area contributed by atoms with Gasteiger partial charge in [0.25, 0.3) is 0 Å². The second-order valence-corrected chi connectivity index (χ2v) is 9.78. The summed E-state index contributed by atoms with van der Waals surface area (Å²) in [7, 11) is 1.67. The van der Waals surface area contributed by atoms with Crippen LogP contribution < -0.4 is 14.8 Å². The van der Waals surface area contributed by atoms with E-state index >= 15 is 0 Å². The van der Waals surface area contributed by atoms with Gasteiger partial charge in [-0.25, -0.2) is 4.68 Å². The topological polar surface area (TPSA) is 61.2 Å². The monoisotopic (exact) mass is 532 g/mol. The largest absolute Gasteiger partial charge is 0.496 e. The standard InChI is InChI=1S/C26H21BrN4O2S/c1-32-21-12-9-16(13-19(21)27)24-22-23(30-26-28-14-29-31(24)26)18-5-3-4-6-20(18)33-25(22)15-7-10-17(34-2)11-8-15/h3-14,24-25H,1-2H3,(H,28,29,30)/t24-,25+/m0/s1. The maximum Gasteiger partial charge on any atom is 0.226 e. The van der Waals surface area contributed by atoms with E-state index in [1.807, 2.05) is 28.9 Å². The number of rotatable bonds is 4. The second kappa shape index (κ2) is 8.52. The molecule has 170 valence electrons. The van der Waals surface area contributed by atoms with Gasteiger partial charge in [-0.05, 0) is 69.7 Å². The van der Waals surface area contributed by atoms with Crippen molar-refractivity contribution in [2.45, 2.75) is 17.0 Å². The lowest BCUT2D eigenvalue weighted by molar-refractivity contribution is 0.223. The number of hydrogen-bond acceptors (Lipinski definition) is 6. The molecule has 3 aromatic carbocycles. The van der Waals surface area contributed by atoms with Gasteiger partial charge in [-0.3, -0.25) is 0 Å². The van der Waals surface area contributed by atoms with Gasteiger partial charge in [0, 0.05) is 16.0 Å². The van der Waals surface area contributed by atoms with E-state index in [1.165, 1.54) is 4.90 Å². The Morgan fingerprint density at radius 2 is 1.85 bits per heavy atom. The fraction of sp³-hybridized carbons (Fsp3) is 0.154. The summed E-state index contributed by atoms with van der Waals surface area (Å²) < 4.78 is 15.0. The molecule has 34 heavy (non-hydrogen) atoms. The highest BCUT2D eigenvalue weighted by atomic mass is 79.9. The van der Waals surface area contributed by atoms with Crippen LogP contribution in [-0.4, -0.2) is 28.1 Å². The Hall–Kier alpha value is -3.23. The molecule has 6 nitrogen and oxygen atoms in total. The molecule has 0 radical (unpaired) electrons. The molecular weight excluding hydrogens is 512 g/mol. The maximum atomic E-state index is 6.68. The van der Waals surface area contributed by atoms with Crippen molar-refractivity contribution in [1.29, 1.82) is 0 Å². The van der Waals surface area contributed by atoms with Gasteiger partial charge in [0.15, 0.2) is 0 Å². The molecule has 0 spiro atoms. The number of methoxy groups -OCH3 is 1. The van der Waals surface area contributed by atoms with Crippen LogP contribution in [0.3, 0.4) is 0 Å². The summed E-state index contributed by atoms with van der Waals surface area (Å²) in [5, 5.41) is 8.14. The van der Waals surface area contributed by atoms with Gasteiger partial charge in [-0.2, -0.15) is 10.1 Å². The molecule has 2 atom stereocenters. The van der Waals surface area contributed by atoms with E-state index in [0.29, 0.717) is 5.95 Å². The second-order valence-electron chi connectivity index (χ2n) is 8.05. The van der Waals surface area contributed by atoms with Crippen molar-refractivity contribution in [3.05, 3.63) is 99.8 Å². The highest BCUT2D eigenvalue weighted by Gasteiger charge is 2.41. The molecule has 0 saturated carbocycles. The first-order valence-electron chi connectivity index (χ1n) is 10.8. The number of thioether (sulfide) groups is 1. The quantitative estimate of drug-likeness (QED) is 0.310. The maximum absolute atomic E-state index is 6.68. The number of anilines is 1. The molecular formula is C26H21BrN4O2S. The fourth-order valence-electron chi connectivity index (χ4n) is 4.64. The van der Waals surface area contributed by atoms with Crippen LogP contribution in [-0.2, 0) is 0 Å². The van der Waals surface area contributed by atoms with E-state index in [4.69, 9.17) is 9.47 Å². The van der Waals surface area contributed by atoms with Crippen molar-refractivity contribution in [2.75, 3.05) is 18.7 Å². The van der Waals surface area contributed by atoms with Gasteiger partial charge in [0.05, 0.1) is 17.3 Å². The lowest BCUT2D eigenvalue weighted by Crippen LogP contribution is -2.32. The summed E-state index contributed by atoms with van der Waals surface area (Å²) >= 11 is 5.38. The minimum absolute atomic E-state index is 0.213. The first-order chi connectivity index (χ1) is 16.7. The number of para-hydroxylation sites is 1. The van der Waals surface area contributed by atoms with E-state index in [-0.39, 0.29) is 12.1 Å². The smallest absolute Gasteiger partial charge is 0.226 e. The van der Waals surface area contributed by atoms with Crippen molar-refractivity contribution in [1.82, 2.24) is 14.8 Å². The summed E-state index contributed by atoms with van der Waals surface area (Å²) in [5.41, 5.74) is 5.26. The summed E-state index contributed by atoms with van der Waals surface area (Å²) in [6.45, 7) is 0. The van der Waals surface area contributed by atoms with Crippen molar-refractivity contribution < 1.29 is 9.47 Å². The summed E-state index contributed by atoms with van der Waals surface area (Å²) in [6, 6.07) is 22.6. The van der Waals surface area contributed by atoms with Crippen LogP contribution in [0.2, 0.25) is 0 Å². The van der Waals surface area contributed by atoms with Crippen LogP contribution >= 0.6 is 27.7 Å². The first-order valence-corrected chi connectivity index (χ1v) is 12.8. The highest BCUT2D eigenvalue weighted by molar-refractivity contribution is 9.10. The Kier molecular flexibility index (Phi) is 5.34. The molecule has 6 rings (SSSR count). The van der Waals surface area contributed by atoms with Crippen molar-refractivity contribution in [3.63, 3.8) is 0 Å². The third kappa shape index (κ3) is 3.40. The normalized spacial score (nSPS) is 18.3. The van der Waals surface area contributed by atoms with E-state index in [1.54, 1.807) is 25.2 Å². The summed E-state index contributed by atoms with van der Waals surface area (Å²) in [4.78, 5) is 5.71. The van der Waals surface area contributed by atoms with Gasteiger partial charge in [0.1, 0.15) is 30.0 Å². The lowest BCUT2D eigenvalue weighted by Gasteiger charge is -2.39. The van der Waals surface area contributed by atoms with E-state index in [9.17, 15) is 0 Å². The average Bonchev–Trinajstić information content (AvgIpc) is 3.35. The SMILES string of the molecule is COc1ccc([C@H]2C3=C(Nc4ncnn42)c2ccccc2O[C@@H]3c2ccc(SC)cc2)cc1Br. The molecule has 0 bridgehead atoms. The molecule has 8 heteroatoms. The van der Waals surface area contributed by atoms with Gasteiger partial charge < -0.3 is 14.8 Å². The van der Waals surface area contributed by atoms with Crippen LogP contribution in [0.25, 0.3) is 5.70 Å². The average molecular weight is 533 g/mol. The van der Waals surface area contributed by atoms with Crippen LogP contribution in [0.15, 0.2) is 88.0 Å². The van der Waals surface area contributed by atoms with Crippen LogP contribution in [0.1, 0.15) is 28.8 Å². The molecule has 0 fully saturated rings. The molecule has 3 heterocycles. The van der Waals surface area contributed by atoms with Crippen molar-refractivity contribution >= 4 is 39.3 Å². The minimum Gasteiger partial charge on any atom is -0.496 e. The fourth-order valence-corrected chi connectivity index (χ4v) is 5.61. The zero-order valence-electron chi connectivity index (χ0n) is 18.5. The third-order valence-electron chi connectivity index (χ3n) is 6.23. The van der Waals surface area contributed by atoms with E-state index in [2.05, 4.69) is 80.0 Å². The number of fused-ring (bicyclic) bond motifs is 3. The van der Waals surface area contributed by atoms with Gasteiger partial charge in [-0.1, -0.05) is 30.3 Å². The number of aromatic nitrogens is 3. The lowest BCUT2D eigenvalue weighted by atomic mass is 9.84. The predicted molar refractivity (Wildman–Crippen MR) is 137 cm³/mol. The van der Waals surface area contributed by atoms with Crippen LogP contribution in [0.4, 0.5) is 5.95 Å². The predicted octanol–water partition coefficient (Wildman–Crippen LogP) is 6.33. The molecule has 0 aliphatic carbocycles. The molecule has 0 amide bonds. The molecule has 2 aliphatic heterocycles. The zero-order chi connectivity index (χ0) is 23.2. The Labute approximate surface area is 210 Å². The van der Waals surface area contributed by atoms with Crippen molar-refractivity contribution in [2.24, 2.45) is 0 Å². The van der Waals surface area contributed by atoms with Crippen molar-refractivity contribution in [3.8, 4) is 11.5 Å². The third-order valence-corrected chi connectivity index (χ3v) is 7.59. The Balaban J connectivity index is 1.59. The molecule has 0 unspecified atom stereocenters. The van der Waals surface area contributed by atoms with Gasteiger partial charge >= 0.3 is 0 Å². The highest BCUT2D eigenvalue weighted by Crippen LogP contribution is 2.51.